The van der Waals surface area contributed by atoms with Crippen LogP contribution < -0.4 is 15.5 Å². The number of hydrogen-bond donors (Lipinski definition) is 2. The highest BCUT2D eigenvalue weighted by Gasteiger charge is 2.41. The first-order valence-electron chi connectivity index (χ1n) is 14.5. The second-order valence-electron chi connectivity index (χ2n) is 11.1. The third-order valence-electron chi connectivity index (χ3n) is 8.17. The third-order valence-corrected chi connectivity index (χ3v) is 8.17. The van der Waals surface area contributed by atoms with E-state index in [4.69, 9.17) is 9.73 Å². The highest BCUT2D eigenvalue weighted by atomic mass is 19.1. The molecule has 1 fully saturated rings. The van der Waals surface area contributed by atoms with Crippen molar-refractivity contribution in [3.05, 3.63) is 125 Å². The van der Waals surface area contributed by atoms with Gasteiger partial charge in [-0.15, -0.1) is 0 Å². The van der Waals surface area contributed by atoms with Gasteiger partial charge < -0.3 is 15.0 Å². The lowest BCUT2D eigenvalue weighted by Crippen LogP contribution is -2.41. The summed E-state index contributed by atoms with van der Waals surface area (Å²) in [6.45, 7) is 5.65. The fourth-order valence-corrected chi connectivity index (χ4v) is 6.05. The predicted octanol–water partition coefficient (Wildman–Crippen LogP) is 5.80. The first kappa shape index (κ1) is 27.1. The van der Waals surface area contributed by atoms with Gasteiger partial charge in [0.25, 0.3) is 0 Å². The van der Waals surface area contributed by atoms with E-state index in [0.29, 0.717) is 5.92 Å². The average Bonchev–Trinajstić information content (AvgIpc) is 3.32. The van der Waals surface area contributed by atoms with Crippen LogP contribution in [0.15, 0.2) is 107 Å². The van der Waals surface area contributed by atoms with Gasteiger partial charge in [0.05, 0.1) is 19.7 Å². The van der Waals surface area contributed by atoms with Crippen molar-refractivity contribution in [3.8, 4) is 5.75 Å². The Morgan fingerprint density at radius 1 is 0.951 bits per heavy atom. The van der Waals surface area contributed by atoms with Crippen molar-refractivity contribution in [1.82, 2.24) is 20.7 Å². The van der Waals surface area contributed by atoms with Gasteiger partial charge in [-0.3, -0.25) is 5.01 Å². The Bertz CT molecular complexity index is 1430. The summed E-state index contributed by atoms with van der Waals surface area (Å²) in [5, 5.41) is 5.81. The van der Waals surface area contributed by atoms with Crippen molar-refractivity contribution in [2.45, 2.75) is 45.3 Å². The number of halogens is 1. The van der Waals surface area contributed by atoms with Crippen LogP contribution in [0.1, 0.15) is 36.5 Å². The van der Waals surface area contributed by atoms with Crippen molar-refractivity contribution in [2.75, 3.05) is 20.2 Å². The molecule has 1 saturated heterocycles. The summed E-state index contributed by atoms with van der Waals surface area (Å²) in [6.07, 6.45) is 4.96. The Morgan fingerprint density at radius 2 is 1.68 bits per heavy atom. The molecule has 2 atom stereocenters. The molecule has 2 unspecified atom stereocenters. The van der Waals surface area contributed by atoms with E-state index in [9.17, 15) is 4.39 Å². The van der Waals surface area contributed by atoms with E-state index in [2.05, 4.69) is 76.1 Å². The molecule has 0 aromatic heterocycles. The van der Waals surface area contributed by atoms with Crippen LogP contribution >= 0.6 is 0 Å². The van der Waals surface area contributed by atoms with Gasteiger partial charge >= 0.3 is 0 Å². The minimum atomic E-state index is -0.204. The molecule has 7 heteroatoms. The van der Waals surface area contributed by atoms with Crippen molar-refractivity contribution < 1.29 is 9.13 Å². The number of benzene rings is 3. The molecule has 41 heavy (non-hydrogen) atoms. The molecule has 2 N–H and O–H groups in total. The van der Waals surface area contributed by atoms with Crippen LogP contribution in [0, 0.1) is 11.7 Å². The second kappa shape index (κ2) is 12.2. The summed E-state index contributed by atoms with van der Waals surface area (Å²) in [4.78, 5) is 7.83. The lowest BCUT2D eigenvalue weighted by atomic mass is 9.88. The number of hydrazine groups is 1. The Hall–Kier alpha value is -4.10. The van der Waals surface area contributed by atoms with Crippen LogP contribution in [0.5, 0.6) is 5.75 Å². The molecule has 0 amide bonds. The van der Waals surface area contributed by atoms with Crippen molar-refractivity contribution >= 4 is 5.84 Å². The third kappa shape index (κ3) is 6.15. The summed E-state index contributed by atoms with van der Waals surface area (Å²) in [7, 11) is 1.71. The Balaban J connectivity index is 1.30. The number of rotatable bonds is 9. The van der Waals surface area contributed by atoms with Crippen molar-refractivity contribution in [2.24, 2.45) is 10.9 Å². The van der Waals surface area contributed by atoms with Crippen molar-refractivity contribution in [3.63, 3.8) is 0 Å². The highest BCUT2D eigenvalue weighted by molar-refractivity contribution is 6.02. The highest BCUT2D eigenvalue weighted by Crippen LogP contribution is 2.37. The first-order chi connectivity index (χ1) is 20.1. The normalized spacial score (nSPS) is 20.2. The molecule has 0 aliphatic carbocycles. The molecule has 3 aliphatic rings. The van der Waals surface area contributed by atoms with Crippen LogP contribution in [0.3, 0.4) is 0 Å². The molecule has 3 aromatic rings. The molecule has 3 aliphatic heterocycles. The van der Waals surface area contributed by atoms with Gasteiger partial charge in [0.2, 0.25) is 0 Å². The summed E-state index contributed by atoms with van der Waals surface area (Å²) < 4.78 is 18.7. The molecule has 6 rings (SSSR count). The quantitative estimate of drug-likeness (QED) is 0.352. The van der Waals surface area contributed by atoms with E-state index in [1.165, 1.54) is 34.5 Å². The van der Waals surface area contributed by atoms with Crippen LogP contribution in [-0.2, 0) is 19.5 Å². The Kier molecular flexibility index (Phi) is 8.05. The Morgan fingerprint density at radius 3 is 2.44 bits per heavy atom. The molecule has 3 aromatic carbocycles. The molecule has 6 nitrogen and oxygen atoms in total. The summed E-state index contributed by atoms with van der Waals surface area (Å²) in [5.74, 6) is 2.91. The number of hydrogen-bond acceptors (Lipinski definition) is 6. The fraction of sp³-hybridized carbons (Fsp3) is 0.324. The van der Waals surface area contributed by atoms with E-state index < -0.39 is 0 Å². The molecule has 3 heterocycles. The van der Waals surface area contributed by atoms with Gasteiger partial charge in [-0.25, -0.2) is 14.8 Å². The topological polar surface area (TPSA) is 52.1 Å². The molecule has 212 valence electrons. The number of aliphatic imine (C=N–C) groups is 1. The lowest BCUT2D eigenvalue weighted by Gasteiger charge is -2.38. The van der Waals surface area contributed by atoms with Gasteiger partial charge in [-0.2, -0.15) is 0 Å². The predicted molar refractivity (Wildman–Crippen MR) is 161 cm³/mol. The van der Waals surface area contributed by atoms with Crippen LogP contribution in [0.4, 0.5) is 4.39 Å². The van der Waals surface area contributed by atoms with Gasteiger partial charge in [0, 0.05) is 36.8 Å². The lowest BCUT2D eigenvalue weighted by molar-refractivity contribution is 0.237. The molecule has 0 radical (unpaired) electrons. The molecule has 0 spiro atoms. The molecular formula is C34H38FN5O. The molecule has 0 bridgehead atoms. The van der Waals surface area contributed by atoms with Crippen molar-refractivity contribution in [1.29, 1.82) is 0 Å². The number of nitrogens with zero attached hydrogens (tertiary/aromatic N) is 3. The standard InChI is InChI=1S/C34H38FN5O/c1-24-8-17-31(36-20-18-25-9-13-28(35)14-10-25)37-34-32-30(38-40(34)23-26-6-4-3-5-7-26)19-21-39(33(24)32)22-27-11-15-29(41-2)16-12-27/h3-7,9-17,24,30,36,38H,8,18-23H2,1-2H3. The van der Waals surface area contributed by atoms with E-state index in [1.54, 1.807) is 7.11 Å². The Labute approximate surface area is 242 Å². The maximum Gasteiger partial charge on any atom is 0.152 e. The zero-order valence-electron chi connectivity index (χ0n) is 23.8. The number of ether oxygens (including phenoxy) is 1. The van der Waals surface area contributed by atoms with E-state index in [1.807, 2.05) is 24.3 Å². The minimum absolute atomic E-state index is 0.204. The SMILES string of the molecule is COc1ccc(CN2CCC3NN(Cc4ccccc4)C4=NC(NCCc5ccc(F)cc5)=CCC(C)C2=C43)cc1. The van der Waals surface area contributed by atoms with E-state index in [-0.39, 0.29) is 11.9 Å². The van der Waals surface area contributed by atoms with E-state index in [0.717, 1.165) is 68.4 Å². The largest absolute Gasteiger partial charge is 0.497 e. The monoisotopic (exact) mass is 551 g/mol. The smallest absolute Gasteiger partial charge is 0.152 e. The van der Waals surface area contributed by atoms with Crippen LogP contribution in [0.25, 0.3) is 0 Å². The number of nitrogens with one attached hydrogen (secondary N) is 2. The van der Waals surface area contributed by atoms with Gasteiger partial charge in [-0.1, -0.05) is 61.5 Å². The number of allylic oxidation sites excluding steroid dienone is 2. The molecule has 0 saturated carbocycles. The average molecular weight is 552 g/mol. The van der Waals surface area contributed by atoms with Gasteiger partial charge in [-0.05, 0) is 66.3 Å². The fourth-order valence-electron chi connectivity index (χ4n) is 6.05. The van der Waals surface area contributed by atoms with Gasteiger partial charge in [0.15, 0.2) is 5.84 Å². The van der Waals surface area contributed by atoms with Crippen LogP contribution in [-0.4, -0.2) is 42.0 Å². The summed E-state index contributed by atoms with van der Waals surface area (Å²) >= 11 is 0. The zero-order chi connectivity index (χ0) is 28.2. The summed E-state index contributed by atoms with van der Waals surface area (Å²) in [5.41, 5.74) is 10.1. The summed E-state index contributed by atoms with van der Waals surface area (Å²) in [6, 6.07) is 25.9. The zero-order valence-corrected chi connectivity index (χ0v) is 23.8. The first-order valence-corrected chi connectivity index (χ1v) is 14.5. The maximum atomic E-state index is 13.3. The second-order valence-corrected chi connectivity index (χ2v) is 11.1. The maximum absolute atomic E-state index is 13.3. The van der Waals surface area contributed by atoms with Gasteiger partial charge in [0.1, 0.15) is 17.4 Å². The minimum Gasteiger partial charge on any atom is -0.497 e. The number of amidine groups is 1. The van der Waals surface area contributed by atoms with E-state index >= 15 is 0 Å². The molecular weight excluding hydrogens is 513 g/mol. The number of methoxy groups -OCH3 is 1. The van der Waals surface area contributed by atoms with Crippen LogP contribution in [0.2, 0.25) is 0 Å².